The van der Waals surface area contributed by atoms with Gasteiger partial charge < -0.3 is 10.1 Å². The zero-order valence-electron chi connectivity index (χ0n) is 19.0. The number of ether oxygens (including phenoxy) is 1. The number of benzene rings is 2. The average molecular weight is 531 g/mol. The SMILES string of the molecule is CS(=O)(=O)N1CCN([C@@H](CNC(=O)c2ccc(OCc3ccc(F)cc3)cc2)C(=O)NO)CC1.Cl. The van der Waals surface area contributed by atoms with Crippen LogP contribution in [0, 0.1) is 5.82 Å². The van der Waals surface area contributed by atoms with E-state index in [9.17, 15) is 22.4 Å². The minimum atomic E-state index is -3.33. The lowest BCUT2D eigenvalue weighted by molar-refractivity contribution is -0.135. The van der Waals surface area contributed by atoms with Crippen LogP contribution in [0.25, 0.3) is 0 Å². The van der Waals surface area contributed by atoms with E-state index < -0.39 is 27.9 Å². The van der Waals surface area contributed by atoms with Crippen molar-refractivity contribution < 1.29 is 32.3 Å². The highest BCUT2D eigenvalue weighted by molar-refractivity contribution is 7.88. The topological polar surface area (TPSA) is 128 Å². The molecule has 3 rings (SSSR count). The second-order valence-electron chi connectivity index (χ2n) is 7.84. The summed E-state index contributed by atoms with van der Waals surface area (Å²) in [5.74, 6) is -0.913. The number of hydrogen-bond acceptors (Lipinski definition) is 7. The number of nitrogens with one attached hydrogen (secondary N) is 2. The van der Waals surface area contributed by atoms with Gasteiger partial charge in [-0.3, -0.25) is 19.7 Å². The van der Waals surface area contributed by atoms with Gasteiger partial charge >= 0.3 is 0 Å². The van der Waals surface area contributed by atoms with E-state index in [2.05, 4.69) is 5.32 Å². The fourth-order valence-corrected chi connectivity index (χ4v) is 4.38. The lowest BCUT2D eigenvalue weighted by Gasteiger charge is -2.37. The van der Waals surface area contributed by atoms with Gasteiger partial charge in [0.05, 0.1) is 6.26 Å². The van der Waals surface area contributed by atoms with Crippen LogP contribution in [0.1, 0.15) is 15.9 Å². The summed E-state index contributed by atoms with van der Waals surface area (Å²) in [7, 11) is -3.33. The van der Waals surface area contributed by atoms with E-state index in [0.717, 1.165) is 11.8 Å². The first-order valence-corrected chi connectivity index (χ1v) is 12.4. The predicted octanol–water partition coefficient (Wildman–Crippen LogP) is 1.01. The first kappa shape index (κ1) is 28.5. The maximum Gasteiger partial charge on any atom is 0.262 e. The molecule has 1 heterocycles. The minimum Gasteiger partial charge on any atom is -0.489 e. The summed E-state index contributed by atoms with van der Waals surface area (Å²) in [5, 5.41) is 11.8. The Morgan fingerprint density at radius 2 is 1.66 bits per heavy atom. The van der Waals surface area contributed by atoms with Gasteiger partial charge in [-0.05, 0) is 42.0 Å². The van der Waals surface area contributed by atoms with E-state index in [4.69, 9.17) is 9.94 Å². The molecule has 0 radical (unpaired) electrons. The fraction of sp³-hybridized carbons (Fsp3) is 0.364. The molecule has 192 valence electrons. The molecule has 1 saturated heterocycles. The van der Waals surface area contributed by atoms with Crippen LogP contribution in [0.3, 0.4) is 0 Å². The summed E-state index contributed by atoms with van der Waals surface area (Å²) >= 11 is 0. The molecule has 0 unspecified atom stereocenters. The molecule has 1 fully saturated rings. The highest BCUT2D eigenvalue weighted by atomic mass is 35.5. The van der Waals surface area contributed by atoms with Crippen LogP contribution in [-0.4, -0.2) is 79.7 Å². The van der Waals surface area contributed by atoms with Gasteiger partial charge in [-0.15, -0.1) is 12.4 Å². The van der Waals surface area contributed by atoms with Crippen molar-refractivity contribution in [2.75, 3.05) is 39.0 Å². The molecule has 0 bridgehead atoms. The number of amides is 2. The number of carbonyl (C=O) groups excluding carboxylic acids is 2. The molecule has 10 nitrogen and oxygen atoms in total. The average Bonchev–Trinajstić information content (AvgIpc) is 2.83. The van der Waals surface area contributed by atoms with Crippen LogP contribution >= 0.6 is 12.4 Å². The number of halogens is 2. The van der Waals surface area contributed by atoms with E-state index in [1.165, 1.54) is 16.4 Å². The van der Waals surface area contributed by atoms with Gasteiger partial charge in [-0.25, -0.2) is 18.3 Å². The van der Waals surface area contributed by atoms with Crippen molar-refractivity contribution in [2.24, 2.45) is 0 Å². The Kier molecular flexibility index (Phi) is 10.4. The van der Waals surface area contributed by atoms with Crippen LogP contribution in [-0.2, 0) is 21.4 Å². The lowest BCUT2D eigenvalue weighted by Crippen LogP contribution is -2.58. The molecule has 2 aromatic carbocycles. The number of hydroxylamine groups is 1. The van der Waals surface area contributed by atoms with Gasteiger partial charge in [0.2, 0.25) is 10.0 Å². The van der Waals surface area contributed by atoms with Crippen LogP contribution in [0.15, 0.2) is 48.5 Å². The van der Waals surface area contributed by atoms with Crippen molar-refractivity contribution in [3.63, 3.8) is 0 Å². The first-order chi connectivity index (χ1) is 16.2. The number of hydrogen-bond donors (Lipinski definition) is 3. The summed E-state index contributed by atoms with van der Waals surface area (Å²) in [5.41, 5.74) is 2.75. The monoisotopic (exact) mass is 530 g/mol. The van der Waals surface area contributed by atoms with E-state index >= 15 is 0 Å². The maximum atomic E-state index is 13.0. The molecule has 35 heavy (non-hydrogen) atoms. The molecule has 3 N–H and O–H groups in total. The fourth-order valence-electron chi connectivity index (χ4n) is 3.55. The normalized spacial score (nSPS) is 15.5. The Morgan fingerprint density at radius 1 is 1.06 bits per heavy atom. The molecule has 2 amide bonds. The summed E-state index contributed by atoms with van der Waals surface area (Å²) < 4.78 is 43.3. The Hall–Kier alpha value is -2.77. The molecule has 0 spiro atoms. The van der Waals surface area contributed by atoms with E-state index in [1.54, 1.807) is 46.8 Å². The third-order valence-electron chi connectivity index (χ3n) is 5.49. The van der Waals surface area contributed by atoms with Crippen molar-refractivity contribution in [1.82, 2.24) is 20.0 Å². The number of sulfonamides is 1. The van der Waals surface area contributed by atoms with Crippen molar-refractivity contribution >= 4 is 34.2 Å². The predicted molar refractivity (Wildman–Crippen MR) is 128 cm³/mol. The molecule has 1 aliphatic heterocycles. The summed E-state index contributed by atoms with van der Waals surface area (Å²) in [6, 6.07) is 11.5. The van der Waals surface area contributed by atoms with E-state index in [1.807, 2.05) is 0 Å². The smallest absolute Gasteiger partial charge is 0.262 e. The van der Waals surface area contributed by atoms with E-state index in [-0.39, 0.29) is 57.6 Å². The van der Waals surface area contributed by atoms with Gasteiger partial charge in [0.1, 0.15) is 24.2 Å². The molecule has 2 aromatic rings. The largest absolute Gasteiger partial charge is 0.489 e. The zero-order valence-corrected chi connectivity index (χ0v) is 20.6. The molecule has 0 aromatic heterocycles. The van der Waals surface area contributed by atoms with Gasteiger partial charge in [0.15, 0.2) is 0 Å². The Balaban J connectivity index is 0.00000432. The van der Waals surface area contributed by atoms with Gasteiger partial charge in [-0.2, -0.15) is 4.31 Å². The van der Waals surface area contributed by atoms with Crippen LogP contribution in [0.4, 0.5) is 4.39 Å². The maximum absolute atomic E-state index is 13.0. The number of piperazine rings is 1. The molecular formula is C22H28ClFN4O6S. The quantitative estimate of drug-likeness (QED) is 0.326. The van der Waals surface area contributed by atoms with E-state index in [0.29, 0.717) is 11.3 Å². The third kappa shape index (κ3) is 8.15. The molecular weight excluding hydrogens is 503 g/mol. The molecule has 0 aliphatic carbocycles. The number of rotatable bonds is 9. The van der Waals surface area contributed by atoms with Gasteiger partial charge in [-0.1, -0.05) is 12.1 Å². The van der Waals surface area contributed by atoms with Crippen molar-refractivity contribution in [3.8, 4) is 5.75 Å². The van der Waals surface area contributed by atoms with Crippen molar-refractivity contribution in [2.45, 2.75) is 12.6 Å². The third-order valence-corrected chi connectivity index (χ3v) is 6.79. The molecule has 13 heteroatoms. The zero-order chi connectivity index (χ0) is 24.7. The van der Waals surface area contributed by atoms with Crippen LogP contribution in [0.5, 0.6) is 5.75 Å². The number of nitrogens with zero attached hydrogens (tertiary/aromatic N) is 2. The Bertz CT molecular complexity index is 1090. The van der Waals surface area contributed by atoms with Gasteiger partial charge in [0, 0.05) is 38.3 Å². The van der Waals surface area contributed by atoms with Gasteiger partial charge in [0.25, 0.3) is 11.8 Å². The van der Waals surface area contributed by atoms with Crippen LogP contribution < -0.4 is 15.5 Å². The first-order valence-electron chi connectivity index (χ1n) is 10.6. The second kappa shape index (κ2) is 12.8. The molecule has 1 aliphatic rings. The molecule has 1 atom stereocenters. The minimum absolute atomic E-state index is 0. The summed E-state index contributed by atoms with van der Waals surface area (Å²) in [6.45, 7) is 1.15. The standard InChI is InChI=1S/C22H27FN4O6S.ClH/c1-34(31,32)27-12-10-26(11-13-27)20(22(29)25-30)14-24-21(28)17-4-8-19(9-5-17)33-15-16-2-6-18(23)7-3-16;/h2-9,20,30H,10-15H2,1H3,(H,24,28)(H,25,29);1H/t20-;/m0./s1. The van der Waals surface area contributed by atoms with Crippen LogP contribution in [0.2, 0.25) is 0 Å². The molecule has 0 saturated carbocycles. The summed E-state index contributed by atoms with van der Waals surface area (Å²) in [4.78, 5) is 26.4. The van der Waals surface area contributed by atoms with Crippen molar-refractivity contribution in [3.05, 3.63) is 65.5 Å². The summed E-state index contributed by atoms with van der Waals surface area (Å²) in [6.07, 6.45) is 1.12. The highest BCUT2D eigenvalue weighted by Gasteiger charge is 2.31. The van der Waals surface area contributed by atoms with Crippen molar-refractivity contribution in [1.29, 1.82) is 0 Å². The Labute approximate surface area is 209 Å². The Morgan fingerprint density at radius 3 is 2.20 bits per heavy atom. The highest BCUT2D eigenvalue weighted by Crippen LogP contribution is 2.15. The number of carbonyl (C=O) groups is 2. The second-order valence-corrected chi connectivity index (χ2v) is 9.82. The lowest BCUT2D eigenvalue weighted by atomic mass is 10.1.